The second-order valence-corrected chi connectivity index (χ2v) is 6.03. The maximum absolute atomic E-state index is 12.9. The van der Waals surface area contributed by atoms with E-state index in [-0.39, 0.29) is 22.8 Å². The fourth-order valence-corrected chi connectivity index (χ4v) is 2.42. The van der Waals surface area contributed by atoms with Gasteiger partial charge < -0.3 is 14.5 Å². The largest absolute Gasteiger partial charge is 0.459 e. The third-order valence-corrected chi connectivity index (χ3v) is 3.81. The molecule has 3 aromatic rings. The summed E-state index contributed by atoms with van der Waals surface area (Å²) in [4.78, 5) is 39.8. The van der Waals surface area contributed by atoms with Gasteiger partial charge in [-0.3, -0.25) is 14.9 Å². The molecule has 8 nitrogen and oxygen atoms in total. The number of hydrogen-bond acceptors (Lipinski definition) is 7. The standard InChI is InChI=1S/C20H14F3N3O5/c21-20(22,23)12-4-1-5-13(10-12)25-17-14(6-2-8-24-17)19(29)31-11-16(27)26-18(28)15-7-3-9-30-15/h1-10H,11H2,(H,24,25)(H,26,27,28). The van der Waals surface area contributed by atoms with E-state index in [1.165, 1.54) is 48.9 Å². The first kappa shape index (κ1) is 21.6. The summed E-state index contributed by atoms with van der Waals surface area (Å²) in [7, 11) is 0. The minimum absolute atomic E-state index is 0.0457. The first-order valence-corrected chi connectivity index (χ1v) is 8.68. The van der Waals surface area contributed by atoms with E-state index in [1.807, 2.05) is 5.32 Å². The summed E-state index contributed by atoms with van der Waals surface area (Å²) in [6.45, 7) is -0.775. The number of hydrogen-bond donors (Lipinski definition) is 2. The minimum Gasteiger partial charge on any atom is -0.459 e. The quantitative estimate of drug-likeness (QED) is 0.572. The van der Waals surface area contributed by atoms with Gasteiger partial charge in [-0.1, -0.05) is 6.07 Å². The van der Waals surface area contributed by atoms with E-state index < -0.39 is 36.1 Å². The van der Waals surface area contributed by atoms with Crippen molar-refractivity contribution in [2.24, 2.45) is 0 Å². The summed E-state index contributed by atoms with van der Waals surface area (Å²) in [5.74, 6) is -2.84. The number of rotatable bonds is 6. The Morgan fingerprint density at radius 1 is 1.06 bits per heavy atom. The Labute approximate surface area is 173 Å². The molecule has 0 aliphatic carbocycles. The van der Waals surface area contributed by atoms with Gasteiger partial charge in [-0.2, -0.15) is 13.2 Å². The molecule has 0 saturated heterocycles. The minimum atomic E-state index is -4.54. The number of halogens is 3. The number of amides is 2. The summed E-state index contributed by atoms with van der Waals surface area (Å²) in [6, 6.07) is 9.86. The second-order valence-electron chi connectivity index (χ2n) is 6.03. The van der Waals surface area contributed by atoms with Gasteiger partial charge in [0.15, 0.2) is 12.4 Å². The van der Waals surface area contributed by atoms with Crippen LogP contribution in [0.2, 0.25) is 0 Å². The van der Waals surface area contributed by atoms with Crippen LogP contribution >= 0.6 is 0 Å². The van der Waals surface area contributed by atoms with Crippen LogP contribution in [-0.2, 0) is 15.7 Å². The highest BCUT2D eigenvalue weighted by atomic mass is 19.4. The molecule has 2 N–H and O–H groups in total. The lowest BCUT2D eigenvalue weighted by Crippen LogP contribution is -2.34. The predicted molar refractivity (Wildman–Crippen MR) is 100 cm³/mol. The highest BCUT2D eigenvalue weighted by Gasteiger charge is 2.30. The number of furan rings is 1. The lowest BCUT2D eigenvalue weighted by atomic mass is 10.2. The number of imide groups is 1. The van der Waals surface area contributed by atoms with Crippen LogP contribution in [0.1, 0.15) is 26.5 Å². The van der Waals surface area contributed by atoms with Gasteiger partial charge in [-0.15, -0.1) is 0 Å². The number of esters is 1. The van der Waals surface area contributed by atoms with Crippen molar-refractivity contribution in [1.29, 1.82) is 0 Å². The molecule has 0 atom stereocenters. The zero-order valence-corrected chi connectivity index (χ0v) is 15.6. The molecule has 2 amide bonds. The molecule has 160 valence electrons. The van der Waals surface area contributed by atoms with Crippen LogP contribution in [0.3, 0.4) is 0 Å². The Morgan fingerprint density at radius 3 is 2.58 bits per heavy atom. The van der Waals surface area contributed by atoms with Crippen molar-refractivity contribution >= 4 is 29.3 Å². The van der Waals surface area contributed by atoms with Crippen molar-refractivity contribution in [2.45, 2.75) is 6.18 Å². The Kier molecular flexibility index (Phi) is 6.34. The molecule has 11 heteroatoms. The number of pyridine rings is 1. The average Bonchev–Trinajstić information content (AvgIpc) is 3.27. The Balaban J connectivity index is 1.65. The van der Waals surface area contributed by atoms with E-state index in [0.717, 1.165) is 12.1 Å². The van der Waals surface area contributed by atoms with Crippen LogP contribution in [-0.4, -0.2) is 29.4 Å². The van der Waals surface area contributed by atoms with Crippen molar-refractivity contribution in [3.8, 4) is 0 Å². The van der Waals surface area contributed by atoms with Gasteiger partial charge in [0.25, 0.3) is 11.8 Å². The number of nitrogens with zero attached hydrogens (tertiary/aromatic N) is 1. The third kappa shape index (κ3) is 5.69. The monoisotopic (exact) mass is 433 g/mol. The fourth-order valence-electron chi connectivity index (χ4n) is 2.42. The summed E-state index contributed by atoms with van der Waals surface area (Å²) in [5, 5.41) is 4.60. The second kappa shape index (κ2) is 9.11. The zero-order chi connectivity index (χ0) is 22.4. The number of anilines is 2. The van der Waals surface area contributed by atoms with E-state index in [2.05, 4.69) is 10.3 Å². The number of carbonyl (C=O) groups excluding carboxylic acids is 3. The smallest absolute Gasteiger partial charge is 0.416 e. The molecule has 0 saturated carbocycles. The molecule has 0 unspecified atom stereocenters. The average molecular weight is 433 g/mol. The number of carbonyl (C=O) groups is 3. The molecule has 1 aromatic carbocycles. The molecule has 0 bridgehead atoms. The lowest BCUT2D eigenvalue weighted by Gasteiger charge is -2.12. The first-order valence-electron chi connectivity index (χ1n) is 8.68. The van der Waals surface area contributed by atoms with E-state index in [4.69, 9.17) is 9.15 Å². The van der Waals surface area contributed by atoms with Crippen molar-refractivity contribution < 1.29 is 36.7 Å². The van der Waals surface area contributed by atoms with Crippen LogP contribution in [0.4, 0.5) is 24.7 Å². The molecule has 0 aliphatic heterocycles. The van der Waals surface area contributed by atoms with E-state index in [1.54, 1.807) is 0 Å². The normalized spacial score (nSPS) is 10.9. The number of alkyl halides is 3. The molecule has 0 fully saturated rings. The van der Waals surface area contributed by atoms with Gasteiger partial charge in [0, 0.05) is 11.9 Å². The predicted octanol–water partition coefficient (Wildman–Crippen LogP) is 3.55. The third-order valence-electron chi connectivity index (χ3n) is 3.81. The SMILES string of the molecule is O=C(COC(=O)c1cccnc1Nc1cccc(C(F)(F)F)c1)NC(=O)c1ccco1. The summed E-state index contributed by atoms with van der Waals surface area (Å²) in [5.41, 5.74) is -0.954. The lowest BCUT2D eigenvalue weighted by molar-refractivity contribution is -0.137. The molecule has 2 heterocycles. The first-order chi connectivity index (χ1) is 14.7. The molecule has 0 spiro atoms. The van der Waals surface area contributed by atoms with Crippen molar-refractivity contribution in [3.63, 3.8) is 0 Å². The maximum Gasteiger partial charge on any atom is 0.416 e. The zero-order valence-electron chi connectivity index (χ0n) is 15.6. The van der Waals surface area contributed by atoms with Crippen molar-refractivity contribution in [3.05, 3.63) is 77.9 Å². The van der Waals surface area contributed by atoms with Crippen molar-refractivity contribution in [1.82, 2.24) is 10.3 Å². The molecular weight excluding hydrogens is 419 g/mol. The Hall–Kier alpha value is -4.15. The number of benzene rings is 1. The van der Waals surface area contributed by atoms with E-state index >= 15 is 0 Å². The van der Waals surface area contributed by atoms with Gasteiger partial charge in [-0.25, -0.2) is 9.78 Å². The summed E-state index contributed by atoms with van der Waals surface area (Å²) >= 11 is 0. The molecule has 0 radical (unpaired) electrons. The number of nitrogens with one attached hydrogen (secondary N) is 2. The Morgan fingerprint density at radius 2 is 1.87 bits per heavy atom. The van der Waals surface area contributed by atoms with Gasteiger partial charge >= 0.3 is 12.1 Å². The summed E-state index contributed by atoms with van der Waals surface area (Å²) in [6.07, 6.45) is -1.97. The molecular formula is C20H14F3N3O5. The van der Waals surface area contributed by atoms with Crippen LogP contribution in [0, 0.1) is 0 Å². The molecule has 3 rings (SSSR count). The highest BCUT2D eigenvalue weighted by Crippen LogP contribution is 2.31. The van der Waals surface area contributed by atoms with Crippen LogP contribution < -0.4 is 10.6 Å². The van der Waals surface area contributed by atoms with E-state index in [0.29, 0.717) is 0 Å². The molecule has 31 heavy (non-hydrogen) atoms. The van der Waals surface area contributed by atoms with Crippen LogP contribution in [0.5, 0.6) is 0 Å². The van der Waals surface area contributed by atoms with Gasteiger partial charge in [0.2, 0.25) is 0 Å². The highest BCUT2D eigenvalue weighted by molar-refractivity contribution is 6.04. The summed E-state index contributed by atoms with van der Waals surface area (Å²) < 4.78 is 48.4. The van der Waals surface area contributed by atoms with Crippen molar-refractivity contribution in [2.75, 3.05) is 11.9 Å². The van der Waals surface area contributed by atoms with Gasteiger partial charge in [-0.05, 0) is 42.5 Å². The van der Waals surface area contributed by atoms with Crippen LogP contribution in [0.15, 0.2) is 65.4 Å². The fraction of sp³-hybridized carbons (Fsp3) is 0.100. The number of aromatic nitrogens is 1. The van der Waals surface area contributed by atoms with Gasteiger partial charge in [0.1, 0.15) is 11.4 Å². The van der Waals surface area contributed by atoms with Gasteiger partial charge in [0.05, 0.1) is 11.8 Å². The Bertz CT molecular complexity index is 1100. The van der Waals surface area contributed by atoms with Crippen LogP contribution in [0.25, 0.3) is 0 Å². The van der Waals surface area contributed by atoms with E-state index in [9.17, 15) is 27.6 Å². The molecule has 2 aromatic heterocycles. The molecule has 0 aliphatic rings. The number of ether oxygens (including phenoxy) is 1. The topological polar surface area (TPSA) is 111 Å². The maximum atomic E-state index is 12.9.